The third-order valence-corrected chi connectivity index (χ3v) is 8.19. The molecule has 0 rings (SSSR count). The molecule has 0 bridgehead atoms. The average molecular weight is 722 g/mol. The number of unbranched alkanes of at least 4 members (excludes halogenated alkanes) is 6. The second-order valence-corrected chi connectivity index (χ2v) is 14.6. The predicted molar refractivity (Wildman–Crippen MR) is 203 cm³/mol. The Labute approximate surface area is 304 Å². The van der Waals surface area contributed by atoms with Gasteiger partial charge in [0.25, 0.3) is 7.82 Å². The van der Waals surface area contributed by atoms with Crippen molar-refractivity contribution >= 4 is 19.8 Å². The monoisotopic (exact) mass is 721 g/mol. The van der Waals surface area contributed by atoms with Crippen LogP contribution in [0.25, 0.3) is 0 Å². The average Bonchev–Trinajstić information content (AvgIpc) is 3.06. The number of phosphoric ester groups is 1. The molecular formula is C40H68NO8P. The Balaban J connectivity index is 4.57. The highest BCUT2D eigenvalue weighted by molar-refractivity contribution is 7.45. The number of rotatable bonds is 32. The molecule has 50 heavy (non-hydrogen) atoms. The molecule has 0 saturated carbocycles. The molecular weight excluding hydrogens is 653 g/mol. The Kier molecular flexibility index (Phi) is 30.7. The molecule has 0 aliphatic carbocycles. The summed E-state index contributed by atoms with van der Waals surface area (Å²) in [6.45, 7) is 3.88. The van der Waals surface area contributed by atoms with Crippen molar-refractivity contribution in [3.63, 3.8) is 0 Å². The van der Waals surface area contributed by atoms with Gasteiger partial charge in [-0.05, 0) is 77.0 Å². The highest BCUT2D eigenvalue weighted by atomic mass is 31.2. The number of phosphoric acid groups is 1. The van der Waals surface area contributed by atoms with Crippen LogP contribution in [0.4, 0.5) is 0 Å². The maximum Gasteiger partial charge on any atom is 0.306 e. The molecule has 0 saturated heterocycles. The van der Waals surface area contributed by atoms with Crippen LogP contribution >= 0.6 is 7.82 Å². The molecule has 10 heteroatoms. The summed E-state index contributed by atoms with van der Waals surface area (Å²) in [6.07, 6.45) is 38.0. The minimum atomic E-state index is -4.64. The molecule has 0 fully saturated rings. The topological polar surface area (TPSA) is 111 Å². The third kappa shape index (κ3) is 35.3. The van der Waals surface area contributed by atoms with Crippen LogP contribution in [-0.2, 0) is 32.7 Å². The van der Waals surface area contributed by atoms with E-state index in [-0.39, 0.29) is 26.1 Å². The van der Waals surface area contributed by atoms with Crippen molar-refractivity contribution in [3.05, 3.63) is 72.9 Å². The number of ether oxygens (including phenoxy) is 2. The zero-order chi connectivity index (χ0) is 37.2. The summed E-state index contributed by atoms with van der Waals surface area (Å²) >= 11 is 0. The number of esters is 2. The van der Waals surface area contributed by atoms with Crippen LogP contribution in [0, 0.1) is 0 Å². The van der Waals surface area contributed by atoms with E-state index in [2.05, 4.69) is 86.8 Å². The van der Waals surface area contributed by atoms with E-state index in [0.717, 1.165) is 77.0 Å². The highest BCUT2D eigenvalue weighted by Crippen LogP contribution is 2.38. The largest absolute Gasteiger partial charge is 0.756 e. The van der Waals surface area contributed by atoms with E-state index < -0.39 is 32.5 Å². The lowest BCUT2D eigenvalue weighted by Gasteiger charge is -2.28. The molecule has 0 aliphatic heterocycles. The van der Waals surface area contributed by atoms with E-state index in [4.69, 9.17) is 18.5 Å². The quantitative estimate of drug-likeness (QED) is 0.0222. The number of hydrogen-bond donors (Lipinski definition) is 0. The first kappa shape index (κ1) is 47.4. The predicted octanol–water partition coefficient (Wildman–Crippen LogP) is 9.27. The number of quaternary nitrogens is 1. The maximum atomic E-state index is 12.6. The second-order valence-electron chi connectivity index (χ2n) is 13.2. The van der Waals surface area contributed by atoms with Crippen LogP contribution in [0.2, 0.25) is 0 Å². The molecule has 2 unspecified atom stereocenters. The molecule has 286 valence electrons. The summed E-state index contributed by atoms with van der Waals surface area (Å²) in [5, 5.41) is 0. The molecule has 0 radical (unpaired) electrons. The van der Waals surface area contributed by atoms with Gasteiger partial charge in [0, 0.05) is 12.8 Å². The van der Waals surface area contributed by atoms with Gasteiger partial charge < -0.3 is 27.9 Å². The lowest BCUT2D eigenvalue weighted by molar-refractivity contribution is -0.870. The molecule has 0 amide bonds. The van der Waals surface area contributed by atoms with Crippen molar-refractivity contribution in [1.29, 1.82) is 0 Å². The number of carbonyl (C=O) groups is 2. The van der Waals surface area contributed by atoms with E-state index >= 15 is 0 Å². The summed E-state index contributed by atoms with van der Waals surface area (Å²) in [6, 6.07) is 0. The lowest BCUT2D eigenvalue weighted by Crippen LogP contribution is -2.37. The Morgan fingerprint density at radius 2 is 1.08 bits per heavy atom. The Morgan fingerprint density at radius 3 is 1.56 bits per heavy atom. The fraction of sp³-hybridized carbons (Fsp3) is 0.650. The minimum Gasteiger partial charge on any atom is -0.756 e. The smallest absolute Gasteiger partial charge is 0.306 e. The first-order valence-corrected chi connectivity index (χ1v) is 20.1. The first-order chi connectivity index (χ1) is 24.0. The molecule has 0 N–H and O–H groups in total. The molecule has 0 heterocycles. The Morgan fingerprint density at radius 1 is 0.620 bits per heavy atom. The highest BCUT2D eigenvalue weighted by Gasteiger charge is 2.21. The van der Waals surface area contributed by atoms with E-state index in [0.29, 0.717) is 23.9 Å². The second kappa shape index (κ2) is 32.4. The Hall–Kier alpha value is -2.55. The fourth-order valence-corrected chi connectivity index (χ4v) is 5.06. The van der Waals surface area contributed by atoms with Gasteiger partial charge in [0.15, 0.2) is 6.10 Å². The normalized spacial score (nSPS) is 14.6. The van der Waals surface area contributed by atoms with Crippen molar-refractivity contribution in [1.82, 2.24) is 0 Å². The van der Waals surface area contributed by atoms with Crippen LogP contribution < -0.4 is 4.89 Å². The summed E-state index contributed by atoms with van der Waals surface area (Å²) in [4.78, 5) is 37.3. The van der Waals surface area contributed by atoms with Crippen LogP contribution in [0.1, 0.15) is 117 Å². The van der Waals surface area contributed by atoms with Gasteiger partial charge in [0.05, 0.1) is 27.7 Å². The van der Waals surface area contributed by atoms with E-state index in [1.807, 2.05) is 21.1 Å². The van der Waals surface area contributed by atoms with Gasteiger partial charge in [-0.1, -0.05) is 99.6 Å². The van der Waals surface area contributed by atoms with Crippen LogP contribution in [0.5, 0.6) is 0 Å². The standard InChI is InChI=1S/C40H68NO8P/c1-6-8-10-12-14-16-18-20-22-24-26-28-30-32-39(42)46-36-38(37-48-50(44,45)47-35-34-41(3,4)5)49-40(43)33-31-29-27-25-23-21-19-17-15-13-11-9-7-2/h8-11,14-17,20-23,38H,6-7,12-13,18-19,24-37H2,1-5H3/b10-8-,11-9-,16-14-,17-15-,22-20-,23-21-. The SMILES string of the molecule is CC/C=C\C/C=C\C/C=C\CCCCCC(=O)OCC(COP(=O)([O-])OCC[N+](C)(C)C)OC(=O)CCCCC/C=C\C/C=C\C/C=C\CC. The van der Waals surface area contributed by atoms with Crippen molar-refractivity contribution in [2.75, 3.05) is 47.5 Å². The number of carbonyl (C=O) groups excluding carboxylic acids is 2. The first-order valence-electron chi connectivity index (χ1n) is 18.6. The number of nitrogens with zero attached hydrogens (tertiary/aromatic N) is 1. The third-order valence-electron chi connectivity index (χ3n) is 7.22. The lowest BCUT2D eigenvalue weighted by atomic mass is 10.1. The van der Waals surface area contributed by atoms with Gasteiger partial charge in [-0.2, -0.15) is 0 Å². The van der Waals surface area contributed by atoms with Crippen molar-refractivity contribution in [3.8, 4) is 0 Å². The van der Waals surface area contributed by atoms with E-state index in [1.54, 1.807) is 0 Å². The van der Waals surface area contributed by atoms with Gasteiger partial charge in [-0.15, -0.1) is 0 Å². The van der Waals surface area contributed by atoms with Gasteiger partial charge in [-0.3, -0.25) is 14.2 Å². The molecule has 9 nitrogen and oxygen atoms in total. The van der Waals surface area contributed by atoms with Gasteiger partial charge in [0.1, 0.15) is 19.8 Å². The van der Waals surface area contributed by atoms with E-state index in [9.17, 15) is 19.0 Å². The molecule has 0 aromatic rings. The van der Waals surface area contributed by atoms with Crippen molar-refractivity contribution < 1.29 is 42.1 Å². The van der Waals surface area contributed by atoms with Gasteiger partial charge >= 0.3 is 11.9 Å². The Bertz CT molecular complexity index is 1090. The summed E-state index contributed by atoms with van der Waals surface area (Å²) < 4.78 is 33.6. The van der Waals surface area contributed by atoms with Crippen molar-refractivity contribution in [2.24, 2.45) is 0 Å². The molecule has 0 aliphatic rings. The molecule has 2 atom stereocenters. The molecule has 0 spiro atoms. The van der Waals surface area contributed by atoms with Crippen LogP contribution in [0.3, 0.4) is 0 Å². The molecule has 0 aromatic carbocycles. The maximum absolute atomic E-state index is 12.6. The zero-order valence-corrected chi connectivity index (χ0v) is 32.7. The van der Waals surface area contributed by atoms with Crippen molar-refractivity contribution in [2.45, 2.75) is 123 Å². The summed E-state index contributed by atoms with van der Waals surface area (Å²) in [5.74, 6) is -0.916. The van der Waals surface area contributed by atoms with Gasteiger partial charge in [-0.25, -0.2) is 0 Å². The summed E-state index contributed by atoms with van der Waals surface area (Å²) in [5.41, 5.74) is 0. The fourth-order valence-electron chi connectivity index (χ4n) is 4.33. The molecule has 0 aromatic heterocycles. The summed E-state index contributed by atoms with van der Waals surface area (Å²) in [7, 11) is 1.11. The minimum absolute atomic E-state index is 0.0456. The number of hydrogen-bond acceptors (Lipinski definition) is 8. The van der Waals surface area contributed by atoms with Crippen LogP contribution in [-0.4, -0.2) is 70.0 Å². The van der Waals surface area contributed by atoms with E-state index in [1.165, 1.54) is 0 Å². The van der Waals surface area contributed by atoms with Crippen LogP contribution in [0.15, 0.2) is 72.9 Å². The van der Waals surface area contributed by atoms with Gasteiger partial charge in [0.2, 0.25) is 0 Å². The number of likely N-dealkylation sites (N-methyl/N-ethyl adjacent to an activating group) is 1. The number of allylic oxidation sites excluding steroid dienone is 12. The zero-order valence-electron chi connectivity index (χ0n) is 31.8.